The Bertz CT molecular complexity index is 297. The first-order valence-corrected chi connectivity index (χ1v) is 4.49. The maximum Gasteiger partial charge on any atom is 0.141 e. The molecule has 0 fully saturated rings. The molecule has 0 saturated heterocycles. The zero-order valence-corrected chi connectivity index (χ0v) is 8.69. The molecule has 0 spiro atoms. The number of aromatic nitrogens is 1. The lowest BCUT2D eigenvalue weighted by atomic mass is 10.1. The van der Waals surface area contributed by atoms with Gasteiger partial charge in [-0.05, 0) is 6.92 Å². The average molecular weight is 218 g/mol. The van der Waals surface area contributed by atoms with Gasteiger partial charge in [0.1, 0.15) is 11.9 Å². The second kappa shape index (κ2) is 4.59. The summed E-state index contributed by atoms with van der Waals surface area (Å²) in [4.78, 5) is 3.70. The van der Waals surface area contributed by atoms with Crippen molar-refractivity contribution >= 4 is 11.6 Å². The van der Waals surface area contributed by atoms with Crippen LogP contribution in [-0.4, -0.2) is 28.4 Å². The van der Waals surface area contributed by atoms with Crippen LogP contribution >= 0.6 is 11.6 Å². The van der Waals surface area contributed by atoms with E-state index in [1.807, 2.05) is 0 Å². The Labute approximate surface area is 87.1 Å². The summed E-state index contributed by atoms with van der Waals surface area (Å²) in [6.07, 6.45) is 1.25. The number of rotatable bonds is 3. The summed E-state index contributed by atoms with van der Waals surface area (Å²) in [6.45, 7) is 1.56. The van der Waals surface area contributed by atoms with E-state index in [2.05, 4.69) is 4.98 Å². The van der Waals surface area contributed by atoms with E-state index in [0.29, 0.717) is 5.56 Å². The first kappa shape index (κ1) is 11.2. The van der Waals surface area contributed by atoms with Crippen LogP contribution < -0.4 is 0 Å². The van der Waals surface area contributed by atoms with Crippen LogP contribution in [0.1, 0.15) is 18.6 Å². The van der Waals surface area contributed by atoms with Gasteiger partial charge in [0.25, 0.3) is 0 Å². The predicted octanol–water partition coefficient (Wildman–Crippen LogP) is 1.51. The summed E-state index contributed by atoms with van der Waals surface area (Å²) in [5.74, 6) is -0.0785. The number of aromatic hydroxyl groups is 1. The van der Waals surface area contributed by atoms with Gasteiger partial charge in [-0.25, -0.2) is 0 Å². The molecule has 0 radical (unpaired) electrons. The van der Waals surface area contributed by atoms with E-state index in [1.54, 1.807) is 6.92 Å². The Morgan fingerprint density at radius 1 is 1.50 bits per heavy atom. The van der Waals surface area contributed by atoms with Crippen molar-refractivity contribution in [2.45, 2.75) is 19.1 Å². The van der Waals surface area contributed by atoms with Crippen molar-refractivity contribution in [2.24, 2.45) is 0 Å². The van der Waals surface area contributed by atoms with Crippen LogP contribution in [0.2, 0.25) is 5.02 Å². The molecule has 0 amide bonds. The molecular weight excluding hydrogens is 206 g/mol. The van der Waals surface area contributed by atoms with Gasteiger partial charge in [-0.15, -0.1) is 0 Å². The molecule has 1 aromatic heterocycles. The number of aliphatic hydroxyl groups is 1. The highest BCUT2D eigenvalue weighted by Gasteiger charge is 2.23. The number of methoxy groups -OCH3 is 1. The van der Waals surface area contributed by atoms with E-state index in [0.717, 1.165) is 0 Å². The molecule has 2 unspecified atom stereocenters. The fourth-order valence-electron chi connectivity index (χ4n) is 1.27. The molecule has 1 heterocycles. The van der Waals surface area contributed by atoms with Crippen LogP contribution in [0.25, 0.3) is 0 Å². The summed E-state index contributed by atoms with van der Waals surface area (Å²) in [7, 11) is 1.44. The molecule has 1 aromatic rings. The Morgan fingerprint density at radius 3 is 2.57 bits per heavy atom. The van der Waals surface area contributed by atoms with Crippen molar-refractivity contribution in [1.82, 2.24) is 4.98 Å². The Morgan fingerprint density at radius 2 is 2.14 bits per heavy atom. The van der Waals surface area contributed by atoms with Gasteiger partial charge in [0, 0.05) is 18.9 Å². The molecule has 14 heavy (non-hydrogen) atoms. The number of aliphatic hydroxyl groups excluding tert-OH is 1. The molecule has 5 heteroatoms. The molecule has 0 bridgehead atoms. The topological polar surface area (TPSA) is 62.6 Å². The predicted molar refractivity (Wildman–Crippen MR) is 52.3 cm³/mol. The molecule has 0 aliphatic rings. The van der Waals surface area contributed by atoms with E-state index in [1.165, 1.54) is 19.5 Å². The number of hydrogen-bond acceptors (Lipinski definition) is 4. The van der Waals surface area contributed by atoms with Crippen molar-refractivity contribution in [2.75, 3.05) is 7.11 Å². The minimum Gasteiger partial charge on any atom is -0.506 e. The average Bonchev–Trinajstić information content (AvgIpc) is 2.10. The molecule has 2 atom stereocenters. The van der Waals surface area contributed by atoms with Crippen molar-refractivity contribution in [3.8, 4) is 5.75 Å². The number of pyridine rings is 1. The van der Waals surface area contributed by atoms with Gasteiger partial charge < -0.3 is 14.9 Å². The highest BCUT2D eigenvalue weighted by molar-refractivity contribution is 6.31. The summed E-state index contributed by atoms with van der Waals surface area (Å²) in [6, 6.07) is 0. The SMILES string of the molecule is COC(c1c(O)cncc1Cl)C(C)O. The molecule has 0 aliphatic heterocycles. The summed E-state index contributed by atoms with van der Waals surface area (Å²) >= 11 is 5.83. The zero-order chi connectivity index (χ0) is 10.7. The number of hydrogen-bond donors (Lipinski definition) is 2. The van der Waals surface area contributed by atoms with Gasteiger partial charge in [0.15, 0.2) is 0 Å². The number of halogens is 1. The van der Waals surface area contributed by atoms with Crippen LogP contribution in [0.15, 0.2) is 12.4 Å². The maximum atomic E-state index is 9.50. The van der Waals surface area contributed by atoms with Gasteiger partial charge in [-0.3, -0.25) is 4.98 Å². The smallest absolute Gasteiger partial charge is 0.141 e. The standard InChI is InChI=1S/C9H12ClNO3/c1-5(12)9(14-2)8-6(10)3-11-4-7(8)13/h3-5,9,12-13H,1-2H3. The third-order valence-corrected chi connectivity index (χ3v) is 2.20. The summed E-state index contributed by atoms with van der Waals surface area (Å²) in [5.41, 5.74) is 0.360. The van der Waals surface area contributed by atoms with Gasteiger partial charge in [0.05, 0.1) is 17.3 Å². The minimum absolute atomic E-state index is 0.0785. The summed E-state index contributed by atoms with van der Waals surface area (Å²) in [5, 5.41) is 19.2. The Balaban J connectivity index is 3.15. The first-order valence-electron chi connectivity index (χ1n) is 4.11. The van der Waals surface area contributed by atoms with Crippen LogP contribution in [-0.2, 0) is 4.74 Å². The molecule has 2 N–H and O–H groups in total. The number of nitrogens with zero attached hydrogens (tertiary/aromatic N) is 1. The van der Waals surface area contributed by atoms with Crippen molar-refractivity contribution in [3.05, 3.63) is 23.0 Å². The van der Waals surface area contributed by atoms with Crippen LogP contribution in [0, 0.1) is 0 Å². The summed E-state index contributed by atoms with van der Waals surface area (Å²) < 4.78 is 5.04. The molecule has 1 rings (SSSR count). The van der Waals surface area contributed by atoms with Crippen LogP contribution in [0.3, 0.4) is 0 Å². The normalized spacial score (nSPS) is 15.1. The molecule has 78 valence electrons. The van der Waals surface area contributed by atoms with Gasteiger partial charge in [0.2, 0.25) is 0 Å². The van der Waals surface area contributed by atoms with Gasteiger partial charge in [-0.2, -0.15) is 0 Å². The monoisotopic (exact) mass is 217 g/mol. The van der Waals surface area contributed by atoms with Crippen molar-refractivity contribution in [1.29, 1.82) is 0 Å². The molecule has 4 nitrogen and oxygen atoms in total. The lowest BCUT2D eigenvalue weighted by Crippen LogP contribution is -2.17. The van der Waals surface area contributed by atoms with E-state index >= 15 is 0 Å². The minimum atomic E-state index is -0.759. The fourth-order valence-corrected chi connectivity index (χ4v) is 1.53. The van der Waals surface area contributed by atoms with Gasteiger partial charge in [-0.1, -0.05) is 11.6 Å². The lowest BCUT2D eigenvalue weighted by Gasteiger charge is -2.20. The highest BCUT2D eigenvalue weighted by atomic mass is 35.5. The second-order valence-electron chi connectivity index (χ2n) is 2.95. The molecule has 0 aliphatic carbocycles. The quantitative estimate of drug-likeness (QED) is 0.806. The van der Waals surface area contributed by atoms with Crippen LogP contribution in [0.4, 0.5) is 0 Å². The van der Waals surface area contributed by atoms with Crippen molar-refractivity contribution < 1.29 is 14.9 Å². The lowest BCUT2D eigenvalue weighted by molar-refractivity contribution is -0.00473. The first-order chi connectivity index (χ1) is 6.57. The molecule has 0 aromatic carbocycles. The fraction of sp³-hybridized carbons (Fsp3) is 0.444. The Kier molecular flexibility index (Phi) is 3.69. The number of ether oxygens (including phenoxy) is 1. The zero-order valence-electron chi connectivity index (χ0n) is 7.94. The maximum absolute atomic E-state index is 9.50. The largest absolute Gasteiger partial charge is 0.506 e. The highest BCUT2D eigenvalue weighted by Crippen LogP contribution is 2.33. The second-order valence-corrected chi connectivity index (χ2v) is 3.36. The molecular formula is C9H12ClNO3. The third-order valence-electron chi connectivity index (χ3n) is 1.89. The van der Waals surface area contributed by atoms with E-state index < -0.39 is 12.2 Å². The van der Waals surface area contributed by atoms with Crippen LogP contribution in [0.5, 0.6) is 5.75 Å². The third kappa shape index (κ3) is 2.15. The Hall–Kier alpha value is -0.840. The van der Waals surface area contributed by atoms with E-state index in [4.69, 9.17) is 16.3 Å². The van der Waals surface area contributed by atoms with Crippen molar-refractivity contribution in [3.63, 3.8) is 0 Å². The van der Waals surface area contributed by atoms with E-state index in [-0.39, 0.29) is 10.8 Å². The van der Waals surface area contributed by atoms with Gasteiger partial charge >= 0.3 is 0 Å². The van der Waals surface area contributed by atoms with E-state index in [9.17, 15) is 10.2 Å². The molecule has 0 saturated carbocycles.